The molecule has 0 saturated heterocycles. The van der Waals surface area contributed by atoms with E-state index in [4.69, 9.17) is 0 Å². The van der Waals surface area contributed by atoms with Crippen molar-refractivity contribution in [3.05, 3.63) is 0 Å². The molecule has 2 heteroatoms. The lowest BCUT2D eigenvalue weighted by Gasteiger charge is -2.29. The SMILES string of the molecule is CC(NCCN(C)C)C1CC2CCC1C2. The summed E-state index contributed by atoms with van der Waals surface area (Å²) >= 11 is 0. The fraction of sp³-hybridized carbons (Fsp3) is 1.00. The van der Waals surface area contributed by atoms with Crippen molar-refractivity contribution in [1.82, 2.24) is 10.2 Å². The highest BCUT2D eigenvalue weighted by molar-refractivity contribution is 4.93. The smallest absolute Gasteiger partial charge is 0.0101 e. The van der Waals surface area contributed by atoms with Crippen LogP contribution in [-0.4, -0.2) is 38.1 Å². The van der Waals surface area contributed by atoms with Crippen LogP contribution in [0, 0.1) is 17.8 Å². The molecule has 0 aromatic carbocycles. The second-order valence-electron chi connectivity index (χ2n) is 5.88. The molecule has 0 amide bonds. The van der Waals surface area contributed by atoms with Crippen LogP contribution in [0.25, 0.3) is 0 Å². The van der Waals surface area contributed by atoms with Gasteiger partial charge in [-0.3, -0.25) is 0 Å². The Morgan fingerprint density at radius 1 is 1.27 bits per heavy atom. The monoisotopic (exact) mass is 210 g/mol. The second kappa shape index (κ2) is 4.84. The zero-order chi connectivity index (χ0) is 10.8. The van der Waals surface area contributed by atoms with Crippen molar-refractivity contribution < 1.29 is 0 Å². The molecule has 2 aliphatic rings. The molecule has 0 aliphatic heterocycles. The molecule has 0 heterocycles. The number of nitrogens with one attached hydrogen (secondary N) is 1. The topological polar surface area (TPSA) is 15.3 Å². The molecule has 15 heavy (non-hydrogen) atoms. The van der Waals surface area contributed by atoms with Crippen molar-refractivity contribution in [2.75, 3.05) is 27.2 Å². The van der Waals surface area contributed by atoms with Gasteiger partial charge >= 0.3 is 0 Å². The standard InChI is InChI=1S/C13H26N2/c1-10(14-6-7-15(2)3)13-9-11-4-5-12(13)8-11/h10-14H,4-9H2,1-3H3. The highest BCUT2D eigenvalue weighted by Crippen LogP contribution is 2.49. The van der Waals surface area contributed by atoms with E-state index in [2.05, 4.69) is 31.2 Å². The average Bonchev–Trinajstić information content (AvgIpc) is 2.77. The van der Waals surface area contributed by atoms with E-state index < -0.39 is 0 Å². The van der Waals surface area contributed by atoms with Crippen LogP contribution < -0.4 is 5.32 Å². The number of hydrogen-bond donors (Lipinski definition) is 1. The zero-order valence-electron chi connectivity index (χ0n) is 10.5. The summed E-state index contributed by atoms with van der Waals surface area (Å²) in [4.78, 5) is 2.25. The predicted molar refractivity (Wildman–Crippen MR) is 65.0 cm³/mol. The van der Waals surface area contributed by atoms with Gasteiger partial charge in [-0.1, -0.05) is 6.42 Å². The van der Waals surface area contributed by atoms with E-state index in [0.717, 1.165) is 36.9 Å². The Bertz CT molecular complexity index is 203. The first-order valence-corrected chi connectivity index (χ1v) is 6.55. The molecule has 4 atom stereocenters. The predicted octanol–water partition coefficient (Wildman–Crippen LogP) is 1.96. The number of likely N-dealkylation sites (N-methyl/N-ethyl adjacent to an activating group) is 1. The van der Waals surface area contributed by atoms with Crippen molar-refractivity contribution in [3.63, 3.8) is 0 Å². The van der Waals surface area contributed by atoms with Gasteiger partial charge in [0, 0.05) is 19.1 Å². The van der Waals surface area contributed by atoms with E-state index in [1.165, 1.54) is 25.7 Å². The van der Waals surface area contributed by atoms with E-state index in [9.17, 15) is 0 Å². The minimum Gasteiger partial charge on any atom is -0.313 e. The quantitative estimate of drug-likeness (QED) is 0.746. The van der Waals surface area contributed by atoms with E-state index in [-0.39, 0.29) is 0 Å². The number of hydrogen-bond acceptors (Lipinski definition) is 2. The van der Waals surface area contributed by atoms with Crippen molar-refractivity contribution in [3.8, 4) is 0 Å². The van der Waals surface area contributed by atoms with Gasteiger partial charge in [-0.2, -0.15) is 0 Å². The summed E-state index contributed by atoms with van der Waals surface area (Å²) in [6.45, 7) is 4.69. The van der Waals surface area contributed by atoms with Gasteiger partial charge in [-0.25, -0.2) is 0 Å². The third-order valence-corrected chi connectivity index (χ3v) is 4.46. The normalized spacial score (nSPS) is 36.4. The fourth-order valence-electron chi connectivity index (χ4n) is 3.57. The molecule has 4 unspecified atom stereocenters. The molecule has 0 aromatic heterocycles. The molecule has 0 aromatic rings. The van der Waals surface area contributed by atoms with Crippen molar-refractivity contribution in [2.45, 2.75) is 38.6 Å². The van der Waals surface area contributed by atoms with E-state index in [1.807, 2.05) is 0 Å². The van der Waals surface area contributed by atoms with Crippen LogP contribution in [0.15, 0.2) is 0 Å². The van der Waals surface area contributed by atoms with Crippen molar-refractivity contribution >= 4 is 0 Å². The summed E-state index contributed by atoms with van der Waals surface area (Å²) < 4.78 is 0. The number of fused-ring (bicyclic) bond motifs is 2. The highest BCUT2D eigenvalue weighted by atomic mass is 15.1. The molecule has 2 nitrogen and oxygen atoms in total. The van der Waals surface area contributed by atoms with Crippen LogP contribution in [0.5, 0.6) is 0 Å². The summed E-state index contributed by atoms with van der Waals surface area (Å²) in [5.41, 5.74) is 0. The Balaban J connectivity index is 1.70. The Kier molecular flexibility index (Phi) is 3.68. The van der Waals surface area contributed by atoms with Crippen LogP contribution in [0.4, 0.5) is 0 Å². The van der Waals surface area contributed by atoms with Crippen LogP contribution in [0.3, 0.4) is 0 Å². The third kappa shape index (κ3) is 2.73. The number of rotatable bonds is 5. The summed E-state index contributed by atoms with van der Waals surface area (Å²) in [5.74, 6) is 3.11. The minimum atomic E-state index is 0.736. The van der Waals surface area contributed by atoms with Gasteiger partial charge in [0.2, 0.25) is 0 Å². The van der Waals surface area contributed by atoms with Gasteiger partial charge < -0.3 is 10.2 Å². The van der Waals surface area contributed by atoms with Gasteiger partial charge in [0.05, 0.1) is 0 Å². The maximum atomic E-state index is 3.70. The minimum absolute atomic E-state index is 0.736. The maximum Gasteiger partial charge on any atom is 0.0101 e. The Morgan fingerprint density at radius 3 is 2.60 bits per heavy atom. The van der Waals surface area contributed by atoms with Crippen LogP contribution in [0.1, 0.15) is 32.6 Å². The molecule has 0 radical (unpaired) electrons. The summed E-state index contributed by atoms with van der Waals surface area (Å²) in [5, 5.41) is 3.70. The zero-order valence-corrected chi connectivity index (χ0v) is 10.5. The fourth-order valence-corrected chi connectivity index (χ4v) is 3.57. The Hall–Kier alpha value is -0.0800. The average molecular weight is 210 g/mol. The molecular weight excluding hydrogens is 184 g/mol. The van der Waals surface area contributed by atoms with Crippen molar-refractivity contribution in [1.29, 1.82) is 0 Å². The van der Waals surface area contributed by atoms with E-state index >= 15 is 0 Å². The maximum absolute atomic E-state index is 3.70. The lowest BCUT2D eigenvalue weighted by atomic mass is 9.84. The molecule has 2 bridgehead atoms. The molecule has 0 spiro atoms. The highest BCUT2D eigenvalue weighted by Gasteiger charge is 2.41. The lowest BCUT2D eigenvalue weighted by Crippen LogP contribution is -2.39. The summed E-state index contributed by atoms with van der Waals surface area (Å²) in [6.07, 6.45) is 6.06. The molecule has 2 fully saturated rings. The van der Waals surface area contributed by atoms with Gasteiger partial charge in [0.15, 0.2) is 0 Å². The van der Waals surface area contributed by atoms with Crippen molar-refractivity contribution in [2.24, 2.45) is 17.8 Å². The first-order chi connectivity index (χ1) is 7.16. The summed E-state index contributed by atoms with van der Waals surface area (Å²) in [7, 11) is 4.29. The molecule has 2 saturated carbocycles. The van der Waals surface area contributed by atoms with Crippen LogP contribution >= 0.6 is 0 Å². The van der Waals surface area contributed by atoms with Gasteiger partial charge in [0.25, 0.3) is 0 Å². The molecular formula is C13H26N2. The van der Waals surface area contributed by atoms with Gasteiger partial charge in [-0.15, -0.1) is 0 Å². The third-order valence-electron chi connectivity index (χ3n) is 4.46. The molecule has 88 valence electrons. The first-order valence-electron chi connectivity index (χ1n) is 6.55. The Labute approximate surface area is 94.4 Å². The van der Waals surface area contributed by atoms with Gasteiger partial charge in [-0.05, 0) is 58.0 Å². The van der Waals surface area contributed by atoms with Crippen LogP contribution in [-0.2, 0) is 0 Å². The van der Waals surface area contributed by atoms with Gasteiger partial charge in [0.1, 0.15) is 0 Å². The lowest BCUT2D eigenvalue weighted by molar-refractivity contribution is 0.254. The Morgan fingerprint density at radius 2 is 2.07 bits per heavy atom. The van der Waals surface area contributed by atoms with Crippen LogP contribution in [0.2, 0.25) is 0 Å². The molecule has 2 aliphatic carbocycles. The number of nitrogens with zero attached hydrogens (tertiary/aromatic N) is 1. The largest absolute Gasteiger partial charge is 0.313 e. The first kappa shape index (κ1) is 11.4. The van der Waals surface area contributed by atoms with E-state index in [0.29, 0.717) is 0 Å². The molecule has 1 N–H and O–H groups in total. The molecule has 2 rings (SSSR count). The second-order valence-corrected chi connectivity index (χ2v) is 5.88. The summed E-state index contributed by atoms with van der Waals surface area (Å²) in [6, 6.07) is 0.736. The van der Waals surface area contributed by atoms with E-state index in [1.54, 1.807) is 0 Å².